The Hall–Kier alpha value is -1.89. The maximum Gasteiger partial charge on any atom is 0.356 e. The summed E-state index contributed by atoms with van der Waals surface area (Å²) in [5, 5.41) is 14.4. The maximum atomic E-state index is 11.4. The number of hydrogen-bond acceptors (Lipinski definition) is 4. The van der Waals surface area contributed by atoms with Crippen LogP contribution in [0.2, 0.25) is 0 Å². The number of carboxylic acid groups (broad SMARTS) is 1. The van der Waals surface area contributed by atoms with Gasteiger partial charge in [-0.1, -0.05) is 13.8 Å². The number of rotatable bonds is 7. The zero-order chi connectivity index (χ0) is 13.5. The molecule has 0 unspecified atom stereocenters. The molecular weight excluding hydrogens is 236 g/mol. The zero-order valence-electron chi connectivity index (χ0n) is 10.5. The molecule has 7 heteroatoms. The van der Waals surface area contributed by atoms with Crippen molar-refractivity contribution in [1.82, 2.24) is 20.2 Å². The summed E-state index contributed by atoms with van der Waals surface area (Å²) in [6.45, 7) is 5.14. The summed E-state index contributed by atoms with van der Waals surface area (Å²) in [4.78, 5) is 25.7. The largest absolute Gasteiger partial charge is 0.476 e. The number of aromatic nitrogens is 2. The molecule has 0 aromatic carbocycles. The number of carbonyl (C=O) groups is 2. The second kappa shape index (κ2) is 6.75. The molecule has 0 fully saturated rings. The van der Waals surface area contributed by atoms with Crippen molar-refractivity contribution in [2.75, 3.05) is 13.1 Å². The van der Waals surface area contributed by atoms with E-state index in [1.807, 2.05) is 13.8 Å². The fraction of sp³-hybridized carbons (Fsp3) is 0.545. The van der Waals surface area contributed by atoms with E-state index in [0.29, 0.717) is 13.1 Å². The van der Waals surface area contributed by atoms with Crippen LogP contribution in [0.5, 0.6) is 0 Å². The first-order chi connectivity index (χ1) is 8.49. The van der Waals surface area contributed by atoms with E-state index in [9.17, 15) is 9.59 Å². The highest BCUT2D eigenvalue weighted by Gasteiger charge is 2.06. The van der Waals surface area contributed by atoms with Gasteiger partial charge >= 0.3 is 5.97 Å². The highest BCUT2D eigenvalue weighted by molar-refractivity contribution is 5.84. The van der Waals surface area contributed by atoms with Gasteiger partial charge < -0.3 is 20.3 Å². The molecule has 7 nitrogen and oxygen atoms in total. The lowest BCUT2D eigenvalue weighted by atomic mass is 10.4. The van der Waals surface area contributed by atoms with Gasteiger partial charge in [0.2, 0.25) is 5.91 Å². The minimum Gasteiger partial charge on any atom is -0.476 e. The van der Waals surface area contributed by atoms with Gasteiger partial charge in [0.1, 0.15) is 0 Å². The Kier molecular flexibility index (Phi) is 5.31. The van der Waals surface area contributed by atoms with Crippen molar-refractivity contribution >= 4 is 11.9 Å². The van der Waals surface area contributed by atoms with Crippen molar-refractivity contribution in [2.45, 2.75) is 26.4 Å². The van der Waals surface area contributed by atoms with Crippen LogP contribution in [-0.2, 0) is 11.3 Å². The Bertz CT molecular complexity index is 414. The van der Waals surface area contributed by atoms with Gasteiger partial charge in [-0.3, -0.25) is 4.79 Å². The van der Waals surface area contributed by atoms with Crippen LogP contribution in [0.4, 0.5) is 0 Å². The third kappa shape index (κ3) is 4.96. The fourth-order valence-electron chi connectivity index (χ4n) is 1.28. The number of carbonyl (C=O) groups excluding carboxylic acids is 1. The Morgan fingerprint density at radius 3 is 2.78 bits per heavy atom. The first-order valence-corrected chi connectivity index (χ1v) is 5.74. The Labute approximate surface area is 105 Å². The van der Waals surface area contributed by atoms with E-state index >= 15 is 0 Å². The molecule has 1 rings (SSSR count). The van der Waals surface area contributed by atoms with E-state index in [1.54, 1.807) is 4.57 Å². The number of hydrogen-bond donors (Lipinski definition) is 3. The van der Waals surface area contributed by atoms with Crippen LogP contribution in [0, 0.1) is 0 Å². The van der Waals surface area contributed by atoms with Crippen LogP contribution in [-0.4, -0.2) is 45.7 Å². The summed E-state index contributed by atoms with van der Waals surface area (Å²) in [5.41, 5.74) is 0.00259. The average molecular weight is 254 g/mol. The minimum absolute atomic E-state index is 0.00259. The number of carboxylic acids is 1. The van der Waals surface area contributed by atoms with Gasteiger partial charge in [-0.2, -0.15) is 0 Å². The second-order valence-corrected chi connectivity index (χ2v) is 4.19. The van der Waals surface area contributed by atoms with Crippen LogP contribution in [0.1, 0.15) is 24.3 Å². The molecule has 0 saturated carbocycles. The standard InChI is InChI=1S/C11H18N4O3/c1-8(2)13-5-10(16)12-3-4-15-6-9(11(17)18)14-7-15/h6-8,13H,3-5H2,1-2H3,(H,12,16)(H,17,18). The molecule has 0 spiro atoms. The molecule has 0 atom stereocenters. The molecule has 0 aliphatic carbocycles. The summed E-state index contributed by atoms with van der Waals surface area (Å²) in [6, 6.07) is 0.266. The monoisotopic (exact) mass is 254 g/mol. The fourth-order valence-corrected chi connectivity index (χ4v) is 1.28. The van der Waals surface area contributed by atoms with Crippen LogP contribution < -0.4 is 10.6 Å². The van der Waals surface area contributed by atoms with Gasteiger partial charge in [0, 0.05) is 25.3 Å². The average Bonchev–Trinajstić information content (AvgIpc) is 2.75. The normalized spacial score (nSPS) is 10.6. The topological polar surface area (TPSA) is 96.3 Å². The molecule has 1 aromatic heterocycles. The SMILES string of the molecule is CC(C)NCC(=O)NCCn1cnc(C(=O)O)c1. The van der Waals surface area contributed by atoms with Gasteiger partial charge in [0.25, 0.3) is 0 Å². The van der Waals surface area contributed by atoms with Gasteiger partial charge in [0.15, 0.2) is 5.69 Å². The smallest absolute Gasteiger partial charge is 0.356 e. The van der Waals surface area contributed by atoms with Crippen LogP contribution >= 0.6 is 0 Å². The Morgan fingerprint density at radius 2 is 2.22 bits per heavy atom. The molecule has 100 valence electrons. The van der Waals surface area contributed by atoms with Crippen LogP contribution in [0.3, 0.4) is 0 Å². The van der Waals surface area contributed by atoms with E-state index in [-0.39, 0.29) is 24.2 Å². The third-order valence-corrected chi connectivity index (χ3v) is 2.22. The summed E-state index contributed by atoms with van der Waals surface area (Å²) < 4.78 is 1.62. The summed E-state index contributed by atoms with van der Waals surface area (Å²) in [6.07, 6.45) is 2.86. The highest BCUT2D eigenvalue weighted by atomic mass is 16.4. The van der Waals surface area contributed by atoms with Crippen molar-refractivity contribution in [2.24, 2.45) is 0 Å². The summed E-state index contributed by atoms with van der Waals surface area (Å²) in [5.74, 6) is -1.14. The molecule has 0 saturated heterocycles. The first-order valence-electron chi connectivity index (χ1n) is 5.74. The molecule has 1 amide bonds. The molecular formula is C11H18N4O3. The second-order valence-electron chi connectivity index (χ2n) is 4.19. The number of amides is 1. The van der Waals surface area contributed by atoms with Gasteiger partial charge in [-0.05, 0) is 0 Å². The number of nitrogens with zero attached hydrogens (tertiary/aromatic N) is 2. The van der Waals surface area contributed by atoms with Crippen LogP contribution in [0.15, 0.2) is 12.5 Å². The Balaban J connectivity index is 2.24. The molecule has 3 N–H and O–H groups in total. The third-order valence-electron chi connectivity index (χ3n) is 2.22. The molecule has 1 heterocycles. The van der Waals surface area contributed by atoms with Crippen molar-refractivity contribution in [3.63, 3.8) is 0 Å². The molecule has 18 heavy (non-hydrogen) atoms. The van der Waals surface area contributed by atoms with Crippen molar-refractivity contribution < 1.29 is 14.7 Å². The van der Waals surface area contributed by atoms with Crippen LogP contribution in [0.25, 0.3) is 0 Å². The highest BCUT2D eigenvalue weighted by Crippen LogP contribution is 1.95. The van der Waals surface area contributed by atoms with E-state index in [0.717, 1.165) is 0 Å². The first kappa shape index (κ1) is 14.2. The predicted octanol–water partition coefficient (Wildman–Crippen LogP) is -0.304. The summed E-state index contributed by atoms with van der Waals surface area (Å²) >= 11 is 0. The van der Waals surface area contributed by atoms with Gasteiger partial charge in [-0.25, -0.2) is 9.78 Å². The molecule has 0 aliphatic heterocycles. The van der Waals surface area contributed by atoms with Crippen molar-refractivity contribution in [1.29, 1.82) is 0 Å². The van der Waals surface area contributed by atoms with Crippen molar-refractivity contribution in [3.8, 4) is 0 Å². The molecule has 1 aromatic rings. The minimum atomic E-state index is -1.06. The zero-order valence-corrected chi connectivity index (χ0v) is 10.5. The predicted molar refractivity (Wildman–Crippen MR) is 65.3 cm³/mol. The Morgan fingerprint density at radius 1 is 1.50 bits per heavy atom. The number of imidazole rings is 1. The van der Waals surface area contributed by atoms with Gasteiger partial charge in [-0.15, -0.1) is 0 Å². The molecule has 0 aliphatic rings. The number of nitrogens with one attached hydrogen (secondary N) is 2. The quantitative estimate of drug-likeness (QED) is 0.620. The lowest BCUT2D eigenvalue weighted by molar-refractivity contribution is -0.120. The summed E-state index contributed by atoms with van der Waals surface area (Å²) in [7, 11) is 0. The molecule has 0 radical (unpaired) electrons. The van der Waals surface area contributed by atoms with E-state index in [1.165, 1.54) is 12.5 Å². The molecule has 0 bridgehead atoms. The van der Waals surface area contributed by atoms with E-state index in [4.69, 9.17) is 5.11 Å². The van der Waals surface area contributed by atoms with Crippen molar-refractivity contribution in [3.05, 3.63) is 18.2 Å². The lowest BCUT2D eigenvalue weighted by Gasteiger charge is -2.08. The van der Waals surface area contributed by atoms with Gasteiger partial charge in [0.05, 0.1) is 12.9 Å². The van der Waals surface area contributed by atoms with E-state index in [2.05, 4.69) is 15.6 Å². The maximum absolute atomic E-state index is 11.4. The van der Waals surface area contributed by atoms with E-state index < -0.39 is 5.97 Å². The lowest BCUT2D eigenvalue weighted by Crippen LogP contribution is -2.38. The number of aromatic carboxylic acids is 1.